The molecule has 0 unspecified atom stereocenters. The molecular weight excluding hydrogens is 318 g/mol. The maximum absolute atomic E-state index is 6.14. The van der Waals surface area contributed by atoms with E-state index in [0.717, 1.165) is 33.3 Å². The zero-order valence-corrected chi connectivity index (χ0v) is 13.5. The molecule has 0 aliphatic carbocycles. The third kappa shape index (κ3) is 2.70. The molecule has 0 bridgehead atoms. The summed E-state index contributed by atoms with van der Waals surface area (Å²) in [5.74, 6) is 0.524. The second-order valence-electron chi connectivity index (χ2n) is 5.55. The minimum atomic E-state index is 0.524. The molecule has 24 heavy (non-hydrogen) atoms. The lowest BCUT2D eigenvalue weighted by Gasteiger charge is -2.10. The van der Waals surface area contributed by atoms with Crippen molar-refractivity contribution in [2.45, 2.75) is 0 Å². The van der Waals surface area contributed by atoms with Crippen LogP contribution in [-0.4, -0.2) is 9.97 Å². The number of halogens is 1. The van der Waals surface area contributed by atoms with Gasteiger partial charge in [0.05, 0.1) is 11.2 Å². The van der Waals surface area contributed by atoms with E-state index in [1.165, 1.54) is 0 Å². The molecule has 4 aromatic rings. The maximum atomic E-state index is 6.14. The van der Waals surface area contributed by atoms with Crippen molar-refractivity contribution in [3.05, 3.63) is 77.9 Å². The fourth-order valence-electron chi connectivity index (χ4n) is 2.81. The first-order valence-electron chi connectivity index (χ1n) is 7.58. The summed E-state index contributed by atoms with van der Waals surface area (Å²) in [5, 5.41) is 1.74. The average Bonchev–Trinajstić information content (AvgIpc) is 2.61. The van der Waals surface area contributed by atoms with Gasteiger partial charge in [0.2, 0.25) is 0 Å². The van der Waals surface area contributed by atoms with Gasteiger partial charge in [0.15, 0.2) is 0 Å². The smallest absolute Gasteiger partial charge is 0.124 e. The molecule has 0 saturated carbocycles. The molecule has 0 spiro atoms. The fraction of sp³-hybridized carbons (Fsp3) is 0. The number of rotatable bonds is 2. The van der Waals surface area contributed by atoms with Crippen molar-refractivity contribution in [2.75, 3.05) is 5.73 Å². The van der Waals surface area contributed by atoms with Crippen LogP contribution in [0.4, 0.5) is 5.82 Å². The van der Waals surface area contributed by atoms with E-state index in [4.69, 9.17) is 17.3 Å². The Morgan fingerprint density at radius 2 is 1.75 bits per heavy atom. The Bertz CT molecular complexity index is 1040. The van der Waals surface area contributed by atoms with E-state index < -0.39 is 0 Å². The van der Waals surface area contributed by atoms with Gasteiger partial charge in [-0.15, -0.1) is 0 Å². The van der Waals surface area contributed by atoms with Crippen molar-refractivity contribution in [2.24, 2.45) is 0 Å². The first-order valence-corrected chi connectivity index (χ1v) is 7.96. The predicted molar refractivity (Wildman–Crippen MR) is 99.8 cm³/mol. The quantitative estimate of drug-likeness (QED) is 0.549. The predicted octanol–water partition coefficient (Wildman–Crippen LogP) is 5.20. The first-order chi connectivity index (χ1) is 11.7. The Morgan fingerprint density at radius 1 is 0.833 bits per heavy atom. The van der Waals surface area contributed by atoms with Gasteiger partial charge in [0, 0.05) is 27.7 Å². The molecule has 0 aliphatic rings. The second kappa shape index (κ2) is 5.95. The summed E-state index contributed by atoms with van der Waals surface area (Å²) in [6, 6.07) is 21.7. The Hall–Kier alpha value is -2.91. The SMILES string of the molecule is Nc1ccc2cc(-c3cccnc3-c3cccc(Cl)c3)ccc2n1. The van der Waals surface area contributed by atoms with Gasteiger partial charge in [-0.2, -0.15) is 0 Å². The van der Waals surface area contributed by atoms with Crippen molar-refractivity contribution >= 4 is 28.3 Å². The molecule has 4 rings (SSSR count). The topological polar surface area (TPSA) is 51.8 Å². The van der Waals surface area contributed by atoms with E-state index in [1.54, 1.807) is 6.20 Å². The van der Waals surface area contributed by atoms with Gasteiger partial charge >= 0.3 is 0 Å². The van der Waals surface area contributed by atoms with Crippen LogP contribution in [0.3, 0.4) is 0 Å². The van der Waals surface area contributed by atoms with E-state index in [9.17, 15) is 0 Å². The number of pyridine rings is 2. The summed E-state index contributed by atoms with van der Waals surface area (Å²) in [4.78, 5) is 8.91. The third-order valence-electron chi connectivity index (χ3n) is 3.93. The molecule has 2 heterocycles. The Balaban J connectivity index is 1.90. The third-order valence-corrected chi connectivity index (χ3v) is 4.16. The number of nitrogens with two attached hydrogens (primary N) is 1. The zero-order chi connectivity index (χ0) is 16.5. The van der Waals surface area contributed by atoms with Crippen LogP contribution >= 0.6 is 11.6 Å². The lowest BCUT2D eigenvalue weighted by atomic mass is 9.98. The van der Waals surface area contributed by atoms with Crippen LogP contribution in [0.2, 0.25) is 5.02 Å². The van der Waals surface area contributed by atoms with E-state index >= 15 is 0 Å². The van der Waals surface area contributed by atoms with Crippen molar-refractivity contribution in [1.29, 1.82) is 0 Å². The van der Waals surface area contributed by atoms with Crippen LogP contribution < -0.4 is 5.73 Å². The number of benzene rings is 2. The Morgan fingerprint density at radius 3 is 2.62 bits per heavy atom. The highest BCUT2D eigenvalue weighted by atomic mass is 35.5. The number of nitrogen functional groups attached to an aromatic ring is 1. The van der Waals surface area contributed by atoms with Crippen LogP contribution in [0.25, 0.3) is 33.3 Å². The van der Waals surface area contributed by atoms with Gasteiger partial charge < -0.3 is 5.73 Å². The number of hydrogen-bond acceptors (Lipinski definition) is 3. The Labute approximate surface area is 144 Å². The molecule has 0 saturated heterocycles. The maximum Gasteiger partial charge on any atom is 0.124 e. The summed E-state index contributed by atoms with van der Waals surface area (Å²) >= 11 is 6.14. The minimum Gasteiger partial charge on any atom is -0.384 e. The summed E-state index contributed by atoms with van der Waals surface area (Å²) in [6.07, 6.45) is 1.79. The van der Waals surface area contributed by atoms with Crippen LogP contribution in [-0.2, 0) is 0 Å². The fourth-order valence-corrected chi connectivity index (χ4v) is 3.00. The van der Waals surface area contributed by atoms with Gasteiger partial charge in [0.1, 0.15) is 5.82 Å². The molecule has 3 nitrogen and oxygen atoms in total. The summed E-state index contributed by atoms with van der Waals surface area (Å²) in [7, 11) is 0. The highest BCUT2D eigenvalue weighted by Crippen LogP contribution is 2.32. The lowest BCUT2D eigenvalue weighted by Crippen LogP contribution is -1.91. The summed E-state index contributed by atoms with van der Waals surface area (Å²) in [6.45, 7) is 0. The standard InChI is InChI=1S/C20H14ClN3/c21-16-4-1-3-15(12-16)20-17(5-2-10-23-20)13-6-8-18-14(11-13)7-9-19(22)24-18/h1-12H,(H2,22,24). The summed E-state index contributed by atoms with van der Waals surface area (Å²) in [5.41, 5.74) is 10.7. The van der Waals surface area contributed by atoms with Gasteiger partial charge in [-0.3, -0.25) is 4.98 Å². The molecular formula is C20H14ClN3. The second-order valence-corrected chi connectivity index (χ2v) is 5.99. The van der Waals surface area contributed by atoms with Crippen molar-refractivity contribution in [3.8, 4) is 22.4 Å². The summed E-state index contributed by atoms with van der Waals surface area (Å²) < 4.78 is 0. The molecule has 0 atom stereocenters. The highest BCUT2D eigenvalue weighted by Gasteiger charge is 2.10. The minimum absolute atomic E-state index is 0.524. The highest BCUT2D eigenvalue weighted by molar-refractivity contribution is 6.30. The van der Waals surface area contributed by atoms with E-state index in [-0.39, 0.29) is 0 Å². The van der Waals surface area contributed by atoms with Crippen LogP contribution in [0.5, 0.6) is 0 Å². The van der Waals surface area contributed by atoms with Gasteiger partial charge in [-0.25, -0.2) is 4.98 Å². The largest absolute Gasteiger partial charge is 0.384 e. The van der Waals surface area contributed by atoms with Gasteiger partial charge in [-0.1, -0.05) is 35.9 Å². The molecule has 2 aromatic heterocycles. The molecule has 4 heteroatoms. The number of anilines is 1. The normalized spacial score (nSPS) is 10.9. The van der Waals surface area contributed by atoms with Gasteiger partial charge in [0.25, 0.3) is 0 Å². The molecule has 2 aromatic carbocycles. The molecule has 0 fully saturated rings. The molecule has 116 valence electrons. The van der Waals surface area contributed by atoms with E-state index in [1.807, 2.05) is 54.6 Å². The Kier molecular flexibility index (Phi) is 3.63. The molecule has 0 radical (unpaired) electrons. The number of aromatic nitrogens is 2. The number of hydrogen-bond donors (Lipinski definition) is 1. The van der Waals surface area contributed by atoms with Gasteiger partial charge in [-0.05, 0) is 48.0 Å². The average molecular weight is 332 g/mol. The van der Waals surface area contributed by atoms with Crippen LogP contribution in [0.15, 0.2) is 72.9 Å². The number of fused-ring (bicyclic) bond motifs is 1. The lowest BCUT2D eigenvalue weighted by molar-refractivity contribution is 1.32. The van der Waals surface area contributed by atoms with E-state index in [0.29, 0.717) is 10.8 Å². The molecule has 0 amide bonds. The number of nitrogens with zero attached hydrogens (tertiary/aromatic N) is 2. The van der Waals surface area contributed by atoms with Crippen molar-refractivity contribution in [1.82, 2.24) is 9.97 Å². The zero-order valence-electron chi connectivity index (χ0n) is 12.8. The first kappa shape index (κ1) is 14.7. The molecule has 2 N–H and O–H groups in total. The van der Waals surface area contributed by atoms with Crippen molar-refractivity contribution in [3.63, 3.8) is 0 Å². The van der Waals surface area contributed by atoms with Crippen LogP contribution in [0.1, 0.15) is 0 Å². The monoisotopic (exact) mass is 331 g/mol. The molecule has 0 aliphatic heterocycles. The van der Waals surface area contributed by atoms with Crippen molar-refractivity contribution < 1.29 is 0 Å². The van der Waals surface area contributed by atoms with Crippen LogP contribution in [0, 0.1) is 0 Å². The van der Waals surface area contributed by atoms with E-state index in [2.05, 4.69) is 22.1 Å².